The fourth-order valence-corrected chi connectivity index (χ4v) is 3.03. The predicted octanol–water partition coefficient (Wildman–Crippen LogP) is 0.893. The summed E-state index contributed by atoms with van der Waals surface area (Å²) in [5.41, 5.74) is -0.907. The van der Waals surface area contributed by atoms with Gasteiger partial charge < -0.3 is 15.5 Å². The van der Waals surface area contributed by atoms with Gasteiger partial charge in [0.1, 0.15) is 6.04 Å². The minimum Gasteiger partial charge on any atom is -0.478 e. The number of carboxylic acids is 1. The van der Waals surface area contributed by atoms with Gasteiger partial charge in [-0.15, -0.1) is 4.40 Å². The lowest BCUT2D eigenvalue weighted by atomic mass is 9.94. The van der Waals surface area contributed by atoms with Crippen LogP contribution in [-0.2, 0) is 14.8 Å². The van der Waals surface area contributed by atoms with Crippen LogP contribution in [0, 0.1) is 10.1 Å². The zero-order valence-corrected chi connectivity index (χ0v) is 14.8. The molecule has 1 heterocycles. The first-order chi connectivity index (χ1) is 12.4. The highest BCUT2D eigenvalue weighted by Gasteiger charge is 2.41. The van der Waals surface area contributed by atoms with E-state index >= 15 is 0 Å². The van der Waals surface area contributed by atoms with E-state index in [2.05, 4.69) is 9.71 Å². The summed E-state index contributed by atoms with van der Waals surface area (Å²) in [4.78, 5) is 34.2. The largest absolute Gasteiger partial charge is 0.478 e. The van der Waals surface area contributed by atoms with Gasteiger partial charge in [-0.25, -0.2) is 22.9 Å². The summed E-state index contributed by atoms with van der Waals surface area (Å²) >= 11 is 0. The number of carbonyl (C=O) groups is 2. The molecule has 0 saturated carbocycles. The smallest absolute Gasteiger partial charge is 0.415 e. The number of rotatable bonds is 4. The Kier molecular flexibility index (Phi) is 5.16. The molecule has 0 aliphatic carbocycles. The van der Waals surface area contributed by atoms with Gasteiger partial charge in [0.25, 0.3) is 15.7 Å². The SMILES string of the molecule is CC1=C(C(=O)O)C(c2cccc([N+](=O)[O-])c2)N(C(=O)O)C(=NS(C)(=O)=O)N1. The number of guanidine groups is 1. The number of benzene rings is 1. The highest BCUT2D eigenvalue weighted by molar-refractivity contribution is 7.89. The average molecular weight is 398 g/mol. The number of hydrogen-bond donors (Lipinski definition) is 3. The van der Waals surface area contributed by atoms with Crippen LogP contribution < -0.4 is 5.32 Å². The van der Waals surface area contributed by atoms with Gasteiger partial charge in [-0.2, -0.15) is 0 Å². The Morgan fingerprint density at radius 2 is 1.96 bits per heavy atom. The molecule has 12 nitrogen and oxygen atoms in total. The number of nitro benzene ring substituents is 1. The Labute approximate surface area is 152 Å². The number of nitrogens with zero attached hydrogens (tertiary/aromatic N) is 3. The van der Waals surface area contributed by atoms with E-state index in [0.717, 1.165) is 18.4 Å². The molecule has 1 atom stereocenters. The number of non-ortho nitro benzene ring substituents is 1. The molecule has 1 aromatic rings. The molecule has 13 heteroatoms. The lowest BCUT2D eigenvalue weighted by molar-refractivity contribution is -0.384. The van der Waals surface area contributed by atoms with Gasteiger partial charge in [0.2, 0.25) is 5.96 Å². The Hall–Kier alpha value is -3.48. The molecule has 1 aromatic carbocycles. The maximum atomic E-state index is 11.8. The molecule has 27 heavy (non-hydrogen) atoms. The monoisotopic (exact) mass is 398 g/mol. The fourth-order valence-electron chi connectivity index (χ4n) is 2.58. The van der Waals surface area contributed by atoms with Crippen LogP contribution in [0.5, 0.6) is 0 Å². The van der Waals surface area contributed by atoms with Gasteiger partial charge in [0, 0.05) is 17.8 Å². The van der Waals surface area contributed by atoms with Gasteiger partial charge in [-0.05, 0) is 12.5 Å². The first-order valence-corrected chi connectivity index (χ1v) is 9.04. The molecule has 1 amide bonds. The number of hydrogen-bond acceptors (Lipinski definition) is 6. The minimum absolute atomic E-state index is 0.0361. The highest BCUT2D eigenvalue weighted by atomic mass is 32.2. The Bertz CT molecular complexity index is 998. The van der Waals surface area contributed by atoms with Crippen LogP contribution in [-0.4, -0.2) is 52.7 Å². The molecule has 0 aromatic heterocycles. The molecule has 0 bridgehead atoms. The van der Waals surface area contributed by atoms with Gasteiger partial charge in [0.15, 0.2) is 0 Å². The van der Waals surface area contributed by atoms with Crippen LogP contribution in [0.2, 0.25) is 0 Å². The quantitative estimate of drug-likeness (QED) is 0.490. The Morgan fingerprint density at radius 3 is 2.44 bits per heavy atom. The summed E-state index contributed by atoms with van der Waals surface area (Å²) in [5.74, 6) is -2.12. The van der Waals surface area contributed by atoms with Crippen molar-refractivity contribution in [2.45, 2.75) is 13.0 Å². The molecular formula is C14H14N4O8S. The molecular weight excluding hydrogens is 384 g/mol. The van der Waals surface area contributed by atoms with E-state index in [9.17, 15) is 38.3 Å². The van der Waals surface area contributed by atoms with Crippen LogP contribution in [0.25, 0.3) is 0 Å². The van der Waals surface area contributed by atoms with Crippen molar-refractivity contribution in [3.8, 4) is 0 Å². The molecule has 144 valence electrons. The van der Waals surface area contributed by atoms with Crippen molar-refractivity contribution in [1.82, 2.24) is 10.2 Å². The molecule has 0 spiro atoms. The van der Waals surface area contributed by atoms with Crippen molar-refractivity contribution in [1.29, 1.82) is 0 Å². The molecule has 1 aliphatic rings. The third-order valence-electron chi connectivity index (χ3n) is 3.55. The summed E-state index contributed by atoms with van der Waals surface area (Å²) < 4.78 is 26.3. The van der Waals surface area contributed by atoms with Crippen molar-refractivity contribution in [3.05, 3.63) is 51.2 Å². The molecule has 0 saturated heterocycles. The van der Waals surface area contributed by atoms with E-state index in [-0.39, 0.29) is 16.9 Å². The zero-order chi connectivity index (χ0) is 20.5. The summed E-state index contributed by atoms with van der Waals surface area (Å²) in [6.45, 7) is 1.30. The number of nitrogens with one attached hydrogen (secondary N) is 1. The van der Waals surface area contributed by atoms with Crippen LogP contribution in [0.1, 0.15) is 18.5 Å². The number of allylic oxidation sites excluding steroid dienone is 1. The van der Waals surface area contributed by atoms with Crippen LogP contribution in [0.4, 0.5) is 10.5 Å². The topological polar surface area (TPSA) is 180 Å². The van der Waals surface area contributed by atoms with Gasteiger partial charge in [-0.1, -0.05) is 12.1 Å². The van der Waals surface area contributed by atoms with Gasteiger partial charge in [-0.3, -0.25) is 10.1 Å². The van der Waals surface area contributed by atoms with Gasteiger partial charge >= 0.3 is 12.1 Å². The van der Waals surface area contributed by atoms with E-state index in [0.29, 0.717) is 4.90 Å². The molecule has 0 fully saturated rings. The summed E-state index contributed by atoms with van der Waals surface area (Å²) in [6.07, 6.45) is -0.969. The molecule has 3 N–H and O–H groups in total. The zero-order valence-electron chi connectivity index (χ0n) is 14.0. The van der Waals surface area contributed by atoms with Crippen molar-refractivity contribution in [3.63, 3.8) is 0 Å². The molecule has 1 unspecified atom stereocenters. The maximum absolute atomic E-state index is 11.8. The fraction of sp³-hybridized carbons (Fsp3) is 0.214. The van der Waals surface area contributed by atoms with Crippen LogP contribution >= 0.6 is 0 Å². The average Bonchev–Trinajstić information content (AvgIpc) is 2.51. The minimum atomic E-state index is -4.04. The summed E-state index contributed by atoms with van der Waals surface area (Å²) in [6, 6.07) is 3.17. The summed E-state index contributed by atoms with van der Waals surface area (Å²) in [7, 11) is -4.04. The summed E-state index contributed by atoms with van der Waals surface area (Å²) in [5, 5.41) is 32.5. The van der Waals surface area contributed by atoms with E-state index < -0.39 is 44.6 Å². The number of nitro groups is 1. The Morgan fingerprint density at radius 1 is 1.33 bits per heavy atom. The van der Waals surface area contributed by atoms with Crippen molar-refractivity contribution < 1.29 is 33.1 Å². The van der Waals surface area contributed by atoms with E-state index in [4.69, 9.17) is 0 Å². The number of amides is 1. The standard InChI is InChI=1S/C14H14N4O8S/c1-7-10(12(19)20)11(8-4-3-5-9(6-8)18(23)24)17(14(21)22)13(15-7)16-27(2,25)26/h3-6,11H,1-2H3,(H,15,16)(H,19,20)(H,21,22). The second-order valence-corrected chi connectivity index (χ2v) is 7.17. The van der Waals surface area contributed by atoms with E-state index in [1.54, 1.807) is 0 Å². The van der Waals surface area contributed by atoms with Crippen LogP contribution in [0.3, 0.4) is 0 Å². The first-order valence-electron chi connectivity index (χ1n) is 7.20. The maximum Gasteiger partial charge on any atom is 0.415 e. The number of sulfonamides is 1. The Balaban J connectivity index is 2.81. The lowest BCUT2D eigenvalue weighted by Gasteiger charge is -2.36. The van der Waals surface area contributed by atoms with E-state index in [1.807, 2.05) is 0 Å². The predicted molar refractivity (Wildman–Crippen MR) is 91.5 cm³/mol. The van der Waals surface area contributed by atoms with Crippen molar-refractivity contribution in [2.24, 2.45) is 4.40 Å². The molecule has 0 radical (unpaired) electrons. The second-order valence-electron chi connectivity index (χ2n) is 5.52. The normalized spacial score (nSPS) is 19.0. The van der Waals surface area contributed by atoms with Gasteiger partial charge in [0.05, 0.1) is 16.8 Å². The molecule has 2 rings (SSSR count). The number of aliphatic carboxylic acids is 1. The third-order valence-corrected chi connectivity index (χ3v) is 4.05. The molecule has 1 aliphatic heterocycles. The van der Waals surface area contributed by atoms with Crippen molar-refractivity contribution in [2.75, 3.05) is 6.26 Å². The second kappa shape index (κ2) is 7.03. The third kappa shape index (κ3) is 4.20. The van der Waals surface area contributed by atoms with Crippen molar-refractivity contribution >= 4 is 33.7 Å². The number of carboxylic acid groups (broad SMARTS) is 2. The van der Waals surface area contributed by atoms with Crippen LogP contribution in [0.15, 0.2) is 39.9 Å². The highest BCUT2D eigenvalue weighted by Crippen LogP contribution is 2.35. The first kappa shape index (κ1) is 19.8. The van der Waals surface area contributed by atoms with E-state index in [1.165, 1.54) is 19.1 Å². The lowest BCUT2D eigenvalue weighted by Crippen LogP contribution is -2.51.